The highest BCUT2D eigenvalue weighted by Crippen LogP contribution is 2.67. The number of rotatable bonds is 3. The minimum atomic E-state index is -0.319. The van der Waals surface area contributed by atoms with Gasteiger partial charge in [-0.05, 0) is 85.0 Å². The number of carbonyl (C=O) groups excluding carboxylic acids is 2. The summed E-state index contributed by atoms with van der Waals surface area (Å²) in [5, 5.41) is 11.4. The van der Waals surface area contributed by atoms with Gasteiger partial charge >= 0.3 is 5.97 Å². The second-order valence-corrected chi connectivity index (χ2v) is 10.6. The summed E-state index contributed by atoms with van der Waals surface area (Å²) < 4.78 is 4.76. The second kappa shape index (κ2) is 7.37. The number of ether oxygens (including phenoxy) is 1. The van der Waals surface area contributed by atoms with Crippen LogP contribution in [0.1, 0.15) is 65.7 Å². The van der Waals surface area contributed by atoms with Crippen molar-refractivity contribution in [1.29, 1.82) is 0 Å². The van der Waals surface area contributed by atoms with Crippen molar-refractivity contribution in [3.05, 3.63) is 23.8 Å². The Morgan fingerprint density at radius 3 is 2.76 bits per heavy atom. The molecule has 3 saturated carbocycles. The molecular formula is C25H36O4. The van der Waals surface area contributed by atoms with E-state index in [-0.39, 0.29) is 40.5 Å². The van der Waals surface area contributed by atoms with Gasteiger partial charge in [0.25, 0.3) is 0 Å². The van der Waals surface area contributed by atoms with Gasteiger partial charge in [-0.25, -0.2) is 4.79 Å². The van der Waals surface area contributed by atoms with Crippen molar-refractivity contribution in [1.82, 2.24) is 0 Å². The van der Waals surface area contributed by atoms with Crippen LogP contribution in [-0.4, -0.2) is 30.1 Å². The van der Waals surface area contributed by atoms with Crippen LogP contribution >= 0.6 is 0 Å². The summed E-state index contributed by atoms with van der Waals surface area (Å²) in [5.74, 6) is 2.14. The molecule has 4 aliphatic carbocycles. The Balaban J connectivity index is 1.61. The third kappa shape index (κ3) is 3.22. The minimum absolute atomic E-state index is 0.0218. The molecule has 0 spiro atoms. The van der Waals surface area contributed by atoms with Gasteiger partial charge in [-0.2, -0.15) is 0 Å². The molecule has 0 bridgehead atoms. The summed E-state index contributed by atoms with van der Waals surface area (Å²) in [5.41, 5.74) is 1.37. The van der Waals surface area contributed by atoms with E-state index in [0.717, 1.165) is 32.1 Å². The molecule has 0 heterocycles. The SMILES string of the molecule is COC(=O)/C=C/[C@@H](C)[C@H]1CCC2C3CCC4=CC(=O)CC[C@]4(C)C3[C@@H](O)C[C@@]21C. The number of aliphatic hydroxyl groups is 1. The predicted molar refractivity (Wildman–Crippen MR) is 112 cm³/mol. The number of ketones is 1. The van der Waals surface area contributed by atoms with Gasteiger partial charge in [-0.3, -0.25) is 4.79 Å². The number of hydrogen-bond donors (Lipinski definition) is 1. The molecule has 0 saturated heterocycles. The Kier molecular flexibility index (Phi) is 5.30. The number of aliphatic hydroxyl groups excluding tert-OH is 1. The van der Waals surface area contributed by atoms with E-state index in [1.54, 1.807) is 6.08 Å². The van der Waals surface area contributed by atoms with Crippen molar-refractivity contribution in [3.8, 4) is 0 Å². The smallest absolute Gasteiger partial charge is 0.330 e. The Hall–Kier alpha value is -1.42. The van der Waals surface area contributed by atoms with Gasteiger partial charge < -0.3 is 9.84 Å². The standard InChI is InChI=1S/C25H36O4/c1-15(5-10-22(28)29-4)19-8-9-20-18-7-6-16-13-17(26)11-12-24(16,2)23(18)21(27)14-25(19,20)3/h5,10,13,15,18-21,23,27H,6-9,11-12,14H2,1-4H3/b10-5+/t15-,18?,19-,20?,21+,23?,24+,25-/m1/s1. The van der Waals surface area contributed by atoms with Crippen molar-refractivity contribution < 1.29 is 19.4 Å². The first-order chi connectivity index (χ1) is 13.7. The quantitative estimate of drug-likeness (QED) is 0.561. The number of esters is 1. The van der Waals surface area contributed by atoms with E-state index in [0.29, 0.717) is 24.2 Å². The average Bonchev–Trinajstić information content (AvgIpc) is 3.02. The molecule has 0 aromatic rings. The topological polar surface area (TPSA) is 63.6 Å². The van der Waals surface area contributed by atoms with Gasteiger partial charge in [-0.15, -0.1) is 0 Å². The largest absolute Gasteiger partial charge is 0.466 e. The summed E-state index contributed by atoms with van der Waals surface area (Å²) >= 11 is 0. The number of fused-ring (bicyclic) bond motifs is 5. The monoisotopic (exact) mass is 400 g/mol. The molecule has 1 N–H and O–H groups in total. The summed E-state index contributed by atoms with van der Waals surface area (Å²) in [4.78, 5) is 23.6. The molecule has 0 aliphatic heterocycles. The highest BCUT2D eigenvalue weighted by atomic mass is 16.5. The maximum absolute atomic E-state index is 12.0. The van der Waals surface area contributed by atoms with Crippen LogP contribution in [0, 0.1) is 40.4 Å². The lowest BCUT2D eigenvalue weighted by Gasteiger charge is -2.60. The third-order valence-electron chi connectivity index (χ3n) is 9.34. The minimum Gasteiger partial charge on any atom is -0.466 e. The molecular weight excluding hydrogens is 364 g/mol. The van der Waals surface area contributed by atoms with Gasteiger partial charge in [0.15, 0.2) is 5.78 Å². The van der Waals surface area contributed by atoms with Crippen LogP contribution in [0.15, 0.2) is 23.8 Å². The van der Waals surface area contributed by atoms with E-state index in [1.807, 2.05) is 12.2 Å². The molecule has 3 fully saturated rings. The van der Waals surface area contributed by atoms with E-state index in [9.17, 15) is 14.7 Å². The van der Waals surface area contributed by atoms with E-state index in [1.165, 1.54) is 19.1 Å². The van der Waals surface area contributed by atoms with Crippen LogP contribution in [0.25, 0.3) is 0 Å². The van der Waals surface area contributed by atoms with Gasteiger partial charge in [0.05, 0.1) is 13.2 Å². The zero-order valence-corrected chi connectivity index (χ0v) is 18.3. The summed E-state index contributed by atoms with van der Waals surface area (Å²) in [6, 6.07) is 0. The van der Waals surface area contributed by atoms with Gasteiger partial charge in [0, 0.05) is 12.5 Å². The van der Waals surface area contributed by atoms with Crippen molar-refractivity contribution in [2.75, 3.05) is 7.11 Å². The zero-order valence-electron chi connectivity index (χ0n) is 18.3. The molecule has 29 heavy (non-hydrogen) atoms. The van der Waals surface area contributed by atoms with Crippen molar-refractivity contribution in [2.24, 2.45) is 40.4 Å². The molecule has 0 amide bonds. The fraction of sp³-hybridized carbons (Fsp3) is 0.760. The highest BCUT2D eigenvalue weighted by molar-refractivity contribution is 5.91. The molecule has 0 aromatic carbocycles. The van der Waals surface area contributed by atoms with Crippen LogP contribution in [0.2, 0.25) is 0 Å². The number of carbonyl (C=O) groups is 2. The van der Waals surface area contributed by atoms with Gasteiger partial charge in [0.1, 0.15) is 0 Å². The Bertz CT molecular complexity index is 752. The summed E-state index contributed by atoms with van der Waals surface area (Å²) in [7, 11) is 1.41. The normalized spacial score (nSPS) is 45.2. The molecule has 4 nitrogen and oxygen atoms in total. The maximum atomic E-state index is 12.0. The van der Waals surface area contributed by atoms with E-state index in [2.05, 4.69) is 20.8 Å². The Morgan fingerprint density at radius 1 is 1.28 bits per heavy atom. The molecule has 4 rings (SSSR count). The Labute approximate surface area is 174 Å². The lowest BCUT2D eigenvalue weighted by Crippen LogP contribution is -2.56. The first kappa shape index (κ1) is 20.8. The molecule has 8 atom stereocenters. The molecule has 3 unspecified atom stereocenters. The van der Waals surface area contributed by atoms with Gasteiger partial charge in [-0.1, -0.05) is 32.4 Å². The van der Waals surface area contributed by atoms with Crippen molar-refractivity contribution >= 4 is 11.8 Å². The molecule has 0 radical (unpaired) electrons. The molecule has 0 aromatic heterocycles. The van der Waals surface area contributed by atoms with Crippen molar-refractivity contribution in [3.63, 3.8) is 0 Å². The fourth-order valence-electron chi connectivity index (χ4n) is 8.02. The number of methoxy groups -OCH3 is 1. The predicted octanol–water partition coefficient (Wildman–Crippen LogP) is 4.47. The molecule has 160 valence electrons. The maximum Gasteiger partial charge on any atom is 0.330 e. The van der Waals surface area contributed by atoms with Crippen molar-refractivity contribution in [2.45, 2.75) is 71.8 Å². The van der Waals surface area contributed by atoms with Crippen LogP contribution in [0.3, 0.4) is 0 Å². The van der Waals surface area contributed by atoms with Crippen LogP contribution in [0.5, 0.6) is 0 Å². The summed E-state index contributed by atoms with van der Waals surface area (Å²) in [6.45, 7) is 6.89. The number of hydrogen-bond acceptors (Lipinski definition) is 4. The highest BCUT2D eigenvalue weighted by Gasteiger charge is 2.62. The zero-order chi connectivity index (χ0) is 21.0. The van der Waals surface area contributed by atoms with E-state index >= 15 is 0 Å². The van der Waals surface area contributed by atoms with E-state index in [4.69, 9.17) is 4.74 Å². The average molecular weight is 401 g/mol. The summed E-state index contributed by atoms with van der Waals surface area (Å²) in [6.07, 6.45) is 11.9. The Morgan fingerprint density at radius 2 is 2.03 bits per heavy atom. The van der Waals surface area contributed by atoms with E-state index < -0.39 is 0 Å². The lowest BCUT2D eigenvalue weighted by molar-refractivity contribution is -0.136. The molecule has 4 aliphatic rings. The second-order valence-electron chi connectivity index (χ2n) is 10.6. The van der Waals surface area contributed by atoms with Crippen LogP contribution in [-0.2, 0) is 14.3 Å². The lowest BCUT2D eigenvalue weighted by atomic mass is 9.45. The van der Waals surface area contributed by atoms with Crippen LogP contribution in [0.4, 0.5) is 0 Å². The fourth-order valence-corrected chi connectivity index (χ4v) is 8.02. The third-order valence-corrected chi connectivity index (χ3v) is 9.34. The van der Waals surface area contributed by atoms with Gasteiger partial charge in [0.2, 0.25) is 0 Å². The number of allylic oxidation sites excluding steroid dienone is 2. The van der Waals surface area contributed by atoms with Crippen LogP contribution < -0.4 is 0 Å². The first-order valence-electron chi connectivity index (χ1n) is 11.4. The molecule has 4 heteroatoms. The first-order valence-corrected chi connectivity index (χ1v) is 11.4.